The van der Waals surface area contributed by atoms with Gasteiger partial charge in [-0.3, -0.25) is 4.99 Å². The summed E-state index contributed by atoms with van der Waals surface area (Å²) in [6, 6.07) is 5.48. The van der Waals surface area contributed by atoms with Crippen LogP contribution in [0, 0.1) is 0 Å². The number of benzene rings is 1. The number of halogens is 1. The lowest BCUT2D eigenvalue weighted by atomic mass is 10.2. The van der Waals surface area contributed by atoms with Gasteiger partial charge in [0.15, 0.2) is 27.3 Å². The molecule has 0 radical (unpaired) electrons. The molecular weight excluding hydrogens is 481 g/mol. The highest BCUT2D eigenvalue weighted by atomic mass is 127. The van der Waals surface area contributed by atoms with Crippen molar-refractivity contribution >= 4 is 45.5 Å². The van der Waals surface area contributed by atoms with Gasteiger partial charge in [-0.1, -0.05) is 0 Å². The van der Waals surface area contributed by atoms with Crippen molar-refractivity contribution in [2.45, 2.75) is 39.4 Å². The van der Waals surface area contributed by atoms with Gasteiger partial charge in [0.25, 0.3) is 0 Å². The van der Waals surface area contributed by atoms with Crippen molar-refractivity contribution in [2.75, 3.05) is 37.9 Å². The molecule has 1 rings (SSSR count). The number of guanidine groups is 1. The largest absolute Gasteiger partial charge is 0.493 e. The number of aliphatic imine (C=N–C) groups is 1. The number of hydrogen-bond donors (Lipinski definition) is 2. The third-order valence-electron chi connectivity index (χ3n) is 3.63. The van der Waals surface area contributed by atoms with Gasteiger partial charge in [-0.2, -0.15) is 0 Å². The van der Waals surface area contributed by atoms with Crippen LogP contribution in [0.15, 0.2) is 23.2 Å². The number of methoxy groups -OCH3 is 1. The van der Waals surface area contributed by atoms with Gasteiger partial charge in [0.05, 0.1) is 30.8 Å². The summed E-state index contributed by atoms with van der Waals surface area (Å²) in [7, 11) is -1.62. The van der Waals surface area contributed by atoms with E-state index in [0.29, 0.717) is 30.6 Å². The monoisotopic (exact) mass is 513 g/mol. The summed E-state index contributed by atoms with van der Waals surface area (Å²) in [5.41, 5.74) is 0.767. The second-order valence-corrected chi connectivity index (χ2v) is 9.48. The molecule has 0 unspecified atom stereocenters. The zero-order valence-electron chi connectivity index (χ0n) is 17.0. The molecular formula is C18H32IN3O4S. The van der Waals surface area contributed by atoms with Crippen LogP contribution in [0.1, 0.15) is 34.6 Å². The molecule has 156 valence electrons. The molecule has 0 aliphatic rings. The van der Waals surface area contributed by atoms with E-state index in [4.69, 9.17) is 9.47 Å². The van der Waals surface area contributed by atoms with E-state index < -0.39 is 14.6 Å². The molecule has 2 N–H and O–H groups in total. The molecule has 0 aliphatic carbocycles. The first-order valence-corrected chi connectivity index (χ1v) is 10.4. The van der Waals surface area contributed by atoms with Crippen LogP contribution in [-0.2, 0) is 9.84 Å². The van der Waals surface area contributed by atoms with Gasteiger partial charge in [-0.05, 0) is 46.8 Å². The van der Waals surface area contributed by atoms with E-state index in [9.17, 15) is 8.42 Å². The Kier molecular flexibility index (Phi) is 11.0. The van der Waals surface area contributed by atoms with Crippen molar-refractivity contribution in [1.82, 2.24) is 5.32 Å². The number of nitrogens with zero attached hydrogens (tertiary/aromatic N) is 1. The molecule has 0 spiro atoms. The van der Waals surface area contributed by atoms with E-state index in [0.717, 1.165) is 5.69 Å². The first-order chi connectivity index (χ1) is 12.1. The van der Waals surface area contributed by atoms with Gasteiger partial charge in [-0.15, -0.1) is 24.0 Å². The summed E-state index contributed by atoms with van der Waals surface area (Å²) in [6.45, 7) is 10.3. The quantitative estimate of drug-likeness (QED) is 0.315. The van der Waals surface area contributed by atoms with Crippen LogP contribution >= 0.6 is 24.0 Å². The summed E-state index contributed by atoms with van der Waals surface area (Å²) < 4.78 is 34.4. The Morgan fingerprint density at radius 2 is 1.85 bits per heavy atom. The van der Waals surface area contributed by atoms with Crippen LogP contribution in [0.5, 0.6) is 11.5 Å². The Morgan fingerprint density at radius 1 is 1.19 bits per heavy atom. The molecule has 0 heterocycles. The van der Waals surface area contributed by atoms with Crippen LogP contribution in [0.2, 0.25) is 0 Å². The zero-order valence-corrected chi connectivity index (χ0v) is 20.1. The van der Waals surface area contributed by atoms with E-state index in [1.165, 1.54) is 0 Å². The molecule has 9 heteroatoms. The van der Waals surface area contributed by atoms with Crippen molar-refractivity contribution in [3.05, 3.63) is 18.2 Å². The standard InChI is InChI=1S/C18H31N3O4S.HI/c1-7-19-17(20-11-12-26(22,23)18(3,4)5)21-14-9-10-15(25-8-2)16(13-14)24-6;/h9-10,13H,7-8,11-12H2,1-6H3,(H2,19,20,21);1H. The topological polar surface area (TPSA) is 89.0 Å². The maximum atomic E-state index is 12.2. The van der Waals surface area contributed by atoms with Crippen LogP contribution in [0.25, 0.3) is 0 Å². The van der Waals surface area contributed by atoms with Gasteiger partial charge in [0.1, 0.15) is 0 Å². The normalized spacial score (nSPS) is 12.1. The fraction of sp³-hybridized carbons (Fsp3) is 0.611. The minimum Gasteiger partial charge on any atom is -0.493 e. The van der Waals surface area contributed by atoms with Gasteiger partial charge >= 0.3 is 0 Å². The second-order valence-electron chi connectivity index (χ2n) is 6.62. The molecule has 0 fully saturated rings. The van der Waals surface area contributed by atoms with E-state index in [1.807, 2.05) is 32.0 Å². The first-order valence-electron chi connectivity index (χ1n) is 8.73. The highest BCUT2D eigenvalue weighted by molar-refractivity contribution is 14.0. The van der Waals surface area contributed by atoms with Gasteiger partial charge in [-0.25, -0.2) is 8.42 Å². The SMILES string of the molecule is CCNC(=NCCS(=O)(=O)C(C)(C)C)Nc1ccc(OCC)c(OC)c1.I. The number of sulfone groups is 1. The van der Waals surface area contributed by atoms with Gasteiger partial charge < -0.3 is 20.1 Å². The Bertz CT molecular complexity index is 716. The number of anilines is 1. The number of rotatable bonds is 8. The van der Waals surface area contributed by atoms with E-state index >= 15 is 0 Å². The molecule has 7 nitrogen and oxygen atoms in total. The highest BCUT2D eigenvalue weighted by Gasteiger charge is 2.28. The third kappa shape index (κ3) is 8.12. The van der Waals surface area contributed by atoms with E-state index in [-0.39, 0.29) is 36.3 Å². The number of nitrogens with one attached hydrogen (secondary N) is 2. The average molecular weight is 513 g/mol. The summed E-state index contributed by atoms with van der Waals surface area (Å²) >= 11 is 0. The molecule has 0 aliphatic heterocycles. The highest BCUT2D eigenvalue weighted by Crippen LogP contribution is 2.30. The first kappa shape index (κ1) is 25.8. The lowest BCUT2D eigenvalue weighted by Crippen LogP contribution is -2.33. The molecule has 0 saturated carbocycles. The molecule has 1 aromatic rings. The third-order valence-corrected chi connectivity index (χ3v) is 6.22. The predicted octanol–water partition coefficient (Wildman–Crippen LogP) is 3.30. The molecule has 27 heavy (non-hydrogen) atoms. The summed E-state index contributed by atoms with van der Waals surface area (Å²) in [4.78, 5) is 4.36. The smallest absolute Gasteiger partial charge is 0.195 e. The van der Waals surface area contributed by atoms with Crippen LogP contribution < -0.4 is 20.1 Å². The number of ether oxygens (including phenoxy) is 2. The minimum absolute atomic E-state index is 0. The van der Waals surface area contributed by atoms with Crippen LogP contribution in [0.3, 0.4) is 0 Å². The fourth-order valence-corrected chi connectivity index (χ4v) is 2.99. The van der Waals surface area contributed by atoms with Crippen molar-refractivity contribution < 1.29 is 17.9 Å². The van der Waals surface area contributed by atoms with Crippen molar-refractivity contribution in [1.29, 1.82) is 0 Å². The second kappa shape index (κ2) is 11.6. The lowest BCUT2D eigenvalue weighted by molar-refractivity contribution is 0.311. The fourth-order valence-electron chi connectivity index (χ4n) is 2.05. The van der Waals surface area contributed by atoms with Gasteiger partial charge in [0, 0.05) is 18.3 Å². The van der Waals surface area contributed by atoms with Crippen LogP contribution in [0.4, 0.5) is 5.69 Å². The van der Waals surface area contributed by atoms with E-state index in [2.05, 4.69) is 15.6 Å². The van der Waals surface area contributed by atoms with Crippen molar-refractivity contribution in [2.24, 2.45) is 4.99 Å². The maximum Gasteiger partial charge on any atom is 0.195 e. The number of hydrogen-bond acceptors (Lipinski definition) is 5. The van der Waals surface area contributed by atoms with Crippen LogP contribution in [-0.4, -0.2) is 51.7 Å². The Balaban J connectivity index is 0.00000676. The molecule has 0 aromatic heterocycles. The lowest BCUT2D eigenvalue weighted by Gasteiger charge is -2.18. The zero-order chi connectivity index (χ0) is 19.8. The molecule has 0 amide bonds. The maximum absolute atomic E-state index is 12.2. The summed E-state index contributed by atoms with van der Waals surface area (Å²) in [5.74, 6) is 1.80. The molecule has 1 aromatic carbocycles. The van der Waals surface area contributed by atoms with E-state index in [1.54, 1.807) is 27.9 Å². The minimum atomic E-state index is -3.20. The Labute approximate surface area is 180 Å². The molecule has 0 atom stereocenters. The van der Waals surface area contributed by atoms with Gasteiger partial charge in [0.2, 0.25) is 0 Å². The summed E-state index contributed by atoms with van der Waals surface area (Å²) in [6.07, 6.45) is 0. The Morgan fingerprint density at radius 3 is 2.37 bits per heavy atom. The molecule has 0 bridgehead atoms. The van der Waals surface area contributed by atoms with Crippen molar-refractivity contribution in [3.63, 3.8) is 0 Å². The Hall–Kier alpha value is -1.23. The molecule has 0 saturated heterocycles. The predicted molar refractivity (Wildman–Crippen MR) is 123 cm³/mol. The average Bonchev–Trinajstić information content (AvgIpc) is 2.55. The summed E-state index contributed by atoms with van der Waals surface area (Å²) in [5, 5.41) is 6.26. The van der Waals surface area contributed by atoms with Crippen molar-refractivity contribution in [3.8, 4) is 11.5 Å².